The van der Waals surface area contributed by atoms with Crippen LogP contribution in [-0.2, 0) is 19.5 Å². The summed E-state index contributed by atoms with van der Waals surface area (Å²) in [6, 6.07) is 0. The topological polar surface area (TPSA) is 35.9 Å². The standard InChI is InChI=1S/C33H60N2O2/c1-24(2)14-11-15-25(3)16-12-17-26(4)18-13-20-33(6)21-19-28-30(23-35(9)10)31(36)29(22-34(7)8)27(5)32(28)37-33/h24-26,36H,11-23H2,1-10H3. The van der Waals surface area contributed by atoms with Crippen molar-refractivity contribution in [2.24, 2.45) is 17.8 Å². The van der Waals surface area contributed by atoms with Gasteiger partial charge in [0.1, 0.15) is 17.1 Å². The molecule has 1 heterocycles. The van der Waals surface area contributed by atoms with Gasteiger partial charge in [-0.15, -0.1) is 0 Å². The summed E-state index contributed by atoms with van der Waals surface area (Å²) in [6.45, 7) is 15.5. The molecule has 3 atom stereocenters. The monoisotopic (exact) mass is 516 g/mol. The van der Waals surface area contributed by atoms with Gasteiger partial charge in [-0.1, -0.05) is 72.6 Å². The average molecular weight is 517 g/mol. The van der Waals surface area contributed by atoms with Gasteiger partial charge in [0, 0.05) is 29.8 Å². The molecule has 0 spiro atoms. The van der Waals surface area contributed by atoms with E-state index in [1.54, 1.807) is 0 Å². The molecule has 0 aliphatic carbocycles. The molecule has 0 saturated carbocycles. The maximum Gasteiger partial charge on any atom is 0.127 e. The van der Waals surface area contributed by atoms with Gasteiger partial charge in [-0.05, 0) is 91.0 Å². The van der Waals surface area contributed by atoms with Crippen LogP contribution >= 0.6 is 0 Å². The summed E-state index contributed by atoms with van der Waals surface area (Å²) >= 11 is 0. The Balaban J connectivity index is 1.94. The van der Waals surface area contributed by atoms with Crippen molar-refractivity contribution in [3.05, 3.63) is 22.3 Å². The minimum Gasteiger partial charge on any atom is -0.507 e. The van der Waals surface area contributed by atoms with Crippen molar-refractivity contribution >= 4 is 0 Å². The van der Waals surface area contributed by atoms with Gasteiger partial charge in [0.05, 0.1) is 0 Å². The van der Waals surface area contributed by atoms with Crippen LogP contribution in [0.2, 0.25) is 0 Å². The fourth-order valence-electron chi connectivity index (χ4n) is 6.07. The highest BCUT2D eigenvalue weighted by Crippen LogP contribution is 2.45. The number of nitrogens with zero attached hydrogens (tertiary/aromatic N) is 2. The van der Waals surface area contributed by atoms with Gasteiger partial charge in [-0.25, -0.2) is 0 Å². The first-order chi connectivity index (χ1) is 17.3. The average Bonchev–Trinajstić information content (AvgIpc) is 2.79. The second-order valence-corrected chi connectivity index (χ2v) is 13.6. The maximum absolute atomic E-state index is 11.2. The lowest BCUT2D eigenvalue weighted by Crippen LogP contribution is -2.37. The first-order valence-corrected chi connectivity index (χ1v) is 15.2. The summed E-state index contributed by atoms with van der Waals surface area (Å²) in [5.74, 6) is 4.01. The molecule has 2 rings (SSSR count). The Morgan fingerprint density at radius 2 is 1.32 bits per heavy atom. The zero-order valence-electron chi connectivity index (χ0n) is 26.2. The number of ether oxygens (including phenoxy) is 1. The Kier molecular flexibility index (Phi) is 12.8. The molecule has 1 N–H and O–H groups in total. The van der Waals surface area contributed by atoms with Gasteiger partial charge in [0.25, 0.3) is 0 Å². The van der Waals surface area contributed by atoms with Gasteiger partial charge in [-0.3, -0.25) is 0 Å². The van der Waals surface area contributed by atoms with Gasteiger partial charge in [-0.2, -0.15) is 0 Å². The number of hydrogen-bond donors (Lipinski definition) is 1. The van der Waals surface area contributed by atoms with Crippen LogP contribution in [0.3, 0.4) is 0 Å². The molecule has 1 aromatic carbocycles. The number of rotatable bonds is 16. The summed E-state index contributed by atoms with van der Waals surface area (Å²) in [6.07, 6.45) is 13.9. The number of benzene rings is 1. The highest BCUT2D eigenvalue weighted by Gasteiger charge is 2.35. The van der Waals surface area contributed by atoms with E-state index in [4.69, 9.17) is 4.74 Å². The Morgan fingerprint density at radius 3 is 1.86 bits per heavy atom. The third-order valence-electron chi connectivity index (χ3n) is 8.48. The first-order valence-electron chi connectivity index (χ1n) is 15.2. The van der Waals surface area contributed by atoms with E-state index in [1.165, 1.54) is 56.9 Å². The van der Waals surface area contributed by atoms with E-state index in [-0.39, 0.29) is 5.60 Å². The van der Waals surface area contributed by atoms with E-state index < -0.39 is 0 Å². The zero-order chi connectivity index (χ0) is 27.8. The van der Waals surface area contributed by atoms with Gasteiger partial charge in [0.15, 0.2) is 0 Å². The van der Waals surface area contributed by atoms with E-state index >= 15 is 0 Å². The lowest BCUT2D eigenvalue weighted by atomic mass is 9.83. The summed E-state index contributed by atoms with van der Waals surface area (Å²) in [5, 5.41) is 11.2. The Hall–Kier alpha value is -1.26. The minimum atomic E-state index is -0.121. The summed E-state index contributed by atoms with van der Waals surface area (Å²) in [4.78, 5) is 4.27. The molecular formula is C33H60N2O2. The van der Waals surface area contributed by atoms with Crippen molar-refractivity contribution < 1.29 is 9.84 Å². The number of fused-ring (bicyclic) bond motifs is 1. The molecule has 214 valence electrons. The van der Waals surface area contributed by atoms with Crippen LogP contribution in [0.4, 0.5) is 0 Å². The van der Waals surface area contributed by atoms with Crippen LogP contribution in [0.5, 0.6) is 11.5 Å². The predicted molar refractivity (Wildman–Crippen MR) is 160 cm³/mol. The Bertz CT molecular complexity index is 832. The van der Waals surface area contributed by atoms with Crippen LogP contribution in [0.15, 0.2) is 0 Å². The predicted octanol–water partition coefficient (Wildman–Crippen LogP) is 8.35. The number of hydrogen-bond acceptors (Lipinski definition) is 4. The number of phenolic OH excluding ortho intramolecular Hbond substituents is 1. The third kappa shape index (κ3) is 10.1. The molecule has 37 heavy (non-hydrogen) atoms. The molecule has 3 unspecified atom stereocenters. The Morgan fingerprint density at radius 1 is 0.811 bits per heavy atom. The molecular weight excluding hydrogens is 456 g/mol. The van der Waals surface area contributed by atoms with Gasteiger partial charge in [0.2, 0.25) is 0 Å². The van der Waals surface area contributed by atoms with Crippen LogP contribution in [0.25, 0.3) is 0 Å². The highest BCUT2D eigenvalue weighted by atomic mass is 16.5. The fraction of sp³-hybridized carbons (Fsp3) is 0.818. The SMILES string of the molecule is Cc1c(CN(C)C)c(O)c(CN(C)C)c2c1OC(C)(CCCC(C)CCCC(C)CCCC(C)C)CC2. The second-order valence-electron chi connectivity index (χ2n) is 13.6. The quantitative estimate of drug-likeness (QED) is 0.239. The molecule has 0 aromatic heterocycles. The summed E-state index contributed by atoms with van der Waals surface area (Å²) < 4.78 is 6.85. The van der Waals surface area contributed by atoms with Crippen molar-refractivity contribution in [2.45, 2.75) is 131 Å². The van der Waals surface area contributed by atoms with Crippen molar-refractivity contribution in [1.82, 2.24) is 9.80 Å². The maximum atomic E-state index is 11.2. The number of phenols is 1. The molecule has 0 amide bonds. The van der Waals surface area contributed by atoms with Gasteiger partial charge >= 0.3 is 0 Å². The smallest absolute Gasteiger partial charge is 0.127 e. The molecule has 4 nitrogen and oxygen atoms in total. The molecule has 1 aliphatic heterocycles. The van der Waals surface area contributed by atoms with Crippen LogP contribution < -0.4 is 4.74 Å². The van der Waals surface area contributed by atoms with E-state index in [9.17, 15) is 5.11 Å². The first kappa shape index (κ1) is 32.0. The van der Waals surface area contributed by atoms with E-state index in [1.807, 2.05) is 0 Å². The zero-order valence-corrected chi connectivity index (χ0v) is 26.2. The lowest BCUT2D eigenvalue weighted by Gasteiger charge is -2.39. The summed E-state index contributed by atoms with van der Waals surface area (Å²) in [7, 11) is 8.26. The van der Waals surface area contributed by atoms with Crippen LogP contribution in [-0.4, -0.2) is 48.7 Å². The molecule has 4 heteroatoms. The molecule has 1 aliphatic rings. The van der Waals surface area contributed by atoms with E-state index in [2.05, 4.69) is 79.5 Å². The van der Waals surface area contributed by atoms with Crippen LogP contribution in [0, 0.1) is 24.7 Å². The summed E-state index contributed by atoms with van der Waals surface area (Å²) in [5.41, 5.74) is 4.28. The van der Waals surface area contributed by atoms with Gasteiger partial charge < -0.3 is 19.6 Å². The molecule has 0 radical (unpaired) electrons. The fourth-order valence-corrected chi connectivity index (χ4v) is 6.07. The molecule has 0 saturated heterocycles. The van der Waals surface area contributed by atoms with Crippen LogP contribution in [0.1, 0.15) is 121 Å². The third-order valence-corrected chi connectivity index (χ3v) is 8.48. The second kappa shape index (κ2) is 14.8. The lowest BCUT2D eigenvalue weighted by molar-refractivity contribution is 0.0507. The minimum absolute atomic E-state index is 0.121. The van der Waals surface area contributed by atoms with E-state index in [0.717, 1.165) is 72.5 Å². The van der Waals surface area contributed by atoms with Crippen molar-refractivity contribution in [2.75, 3.05) is 28.2 Å². The van der Waals surface area contributed by atoms with Crippen molar-refractivity contribution in [3.8, 4) is 11.5 Å². The highest BCUT2D eigenvalue weighted by molar-refractivity contribution is 5.59. The largest absolute Gasteiger partial charge is 0.507 e. The molecule has 1 aromatic rings. The van der Waals surface area contributed by atoms with Crippen molar-refractivity contribution in [3.63, 3.8) is 0 Å². The Labute approximate surface area is 230 Å². The molecule has 0 bridgehead atoms. The normalized spacial score (nSPS) is 19.4. The van der Waals surface area contributed by atoms with E-state index in [0.29, 0.717) is 5.75 Å². The van der Waals surface area contributed by atoms with Crippen molar-refractivity contribution in [1.29, 1.82) is 0 Å². The number of aromatic hydroxyl groups is 1. The molecule has 0 fully saturated rings.